The fourth-order valence-corrected chi connectivity index (χ4v) is 2.91. The summed E-state index contributed by atoms with van der Waals surface area (Å²) in [4.78, 5) is 22.3. The number of nitriles is 1. The first-order valence-electron chi connectivity index (χ1n) is 6.26. The van der Waals surface area contributed by atoms with Gasteiger partial charge in [-0.15, -0.1) is 0 Å². The summed E-state index contributed by atoms with van der Waals surface area (Å²) >= 11 is 18.1. The molecule has 0 aliphatic heterocycles. The minimum Gasteiger partial charge on any atom is -0.475 e. The van der Waals surface area contributed by atoms with Gasteiger partial charge in [0.15, 0.2) is 0 Å². The lowest BCUT2D eigenvalue weighted by molar-refractivity contribution is -0.131. The molecule has 0 heterocycles. The number of aliphatic carboxylic acids is 1. The highest BCUT2D eigenvalue weighted by Crippen LogP contribution is 2.36. The summed E-state index contributed by atoms with van der Waals surface area (Å²) in [6, 6.07) is 11.1. The first kappa shape index (κ1) is 17.3. The van der Waals surface area contributed by atoms with Crippen LogP contribution in [0.25, 0.3) is 0 Å². The van der Waals surface area contributed by atoms with Gasteiger partial charge in [0.2, 0.25) is 0 Å². The Morgan fingerprint density at radius 1 is 1.04 bits per heavy atom. The maximum atomic E-state index is 11.5. The molecule has 0 saturated heterocycles. The molecular weight excluding hydrogens is 361 g/mol. The van der Waals surface area contributed by atoms with Crippen LogP contribution in [0.15, 0.2) is 36.4 Å². The Kier molecular flexibility index (Phi) is 5.27. The largest absolute Gasteiger partial charge is 0.475 e. The second-order valence-corrected chi connectivity index (χ2v) is 5.85. The molecule has 1 N–H and O–H groups in total. The number of carbonyl (C=O) groups is 2. The molecule has 2 aromatic rings. The molecule has 1 atom stereocenters. The number of carboxylic acid groups (broad SMARTS) is 1. The molecule has 0 fully saturated rings. The molecule has 0 aliphatic carbocycles. The number of Topliss-reactive ketones (excluding diaryl/α,β-unsaturated/α-hetero) is 1. The SMILES string of the molecule is N#CC(c1ccc(Cl)cc1)c1c(Cl)cc(C(=O)C(=O)O)cc1Cl. The molecule has 0 spiro atoms. The fourth-order valence-electron chi connectivity index (χ4n) is 2.08. The zero-order valence-corrected chi connectivity index (χ0v) is 13.7. The van der Waals surface area contributed by atoms with E-state index in [-0.39, 0.29) is 15.6 Å². The van der Waals surface area contributed by atoms with E-state index in [2.05, 4.69) is 6.07 Å². The molecule has 0 amide bonds. The third-order valence-corrected chi connectivity index (χ3v) is 4.03. The highest BCUT2D eigenvalue weighted by Gasteiger charge is 2.23. The highest BCUT2D eigenvalue weighted by atomic mass is 35.5. The smallest absolute Gasteiger partial charge is 0.377 e. The second-order valence-electron chi connectivity index (χ2n) is 4.60. The summed E-state index contributed by atoms with van der Waals surface area (Å²) in [5, 5.41) is 18.8. The monoisotopic (exact) mass is 367 g/mol. The Bertz CT molecular complexity index is 802. The number of halogens is 3. The fraction of sp³-hybridized carbons (Fsp3) is 0.0625. The third-order valence-electron chi connectivity index (χ3n) is 3.16. The molecule has 4 nitrogen and oxygen atoms in total. The minimum absolute atomic E-state index is 0.0450. The number of nitrogens with zero attached hydrogens (tertiary/aromatic N) is 1. The van der Waals surface area contributed by atoms with Crippen molar-refractivity contribution in [2.75, 3.05) is 0 Å². The summed E-state index contributed by atoms with van der Waals surface area (Å²) in [5.74, 6) is -3.51. The van der Waals surface area contributed by atoms with Gasteiger partial charge in [-0.1, -0.05) is 46.9 Å². The van der Waals surface area contributed by atoms with Crippen molar-refractivity contribution in [3.05, 3.63) is 68.2 Å². The summed E-state index contributed by atoms with van der Waals surface area (Å²) < 4.78 is 0. The molecule has 0 aliphatic rings. The van der Waals surface area contributed by atoms with E-state index in [0.717, 1.165) is 0 Å². The first-order valence-corrected chi connectivity index (χ1v) is 7.40. The molecular formula is C16H8Cl3NO3. The Balaban J connectivity index is 2.54. The van der Waals surface area contributed by atoms with Crippen LogP contribution in [0.1, 0.15) is 27.4 Å². The zero-order chi connectivity index (χ0) is 17.1. The van der Waals surface area contributed by atoms with Crippen LogP contribution in [0.2, 0.25) is 15.1 Å². The van der Waals surface area contributed by atoms with E-state index in [1.807, 2.05) is 0 Å². The van der Waals surface area contributed by atoms with E-state index in [1.165, 1.54) is 12.1 Å². The second kappa shape index (κ2) is 7.01. The molecule has 2 rings (SSSR count). The molecule has 2 aromatic carbocycles. The molecule has 0 saturated carbocycles. The van der Waals surface area contributed by atoms with Crippen LogP contribution in [-0.2, 0) is 4.79 Å². The van der Waals surface area contributed by atoms with Gasteiger partial charge < -0.3 is 5.11 Å². The molecule has 7 heteroatoms. The normalized spacial score (nSPS) is 11.6. The lowest BCUT2D eigenvalue weighted by Crippen LogP contribution is -2.13. The van der Waals surface area contributed by atoms with Crippen molar-refractivity contribution >= 4 is 46.6 Å². The quantitative estimate of drug-likeness (QED) is 0.633. The van der Waals surface area contributed by atoms with Crippen molar-refractivity contribution in [3.63, 3.8) is 0 Å². The number of benzene rings is 2. The van der Waals surface area contributed by atoms with Crippen molar-refractivity contribution in [2.45, 2.75) is 5.92 Å². The Morgan fingerprint density at radius 3 is 2.00 bits per heavy atom. The van der Waals surface area contributed by atoms with Crippen LogP contribution in [0.5, 0.6) is 0 Å². The van der Waals surface area contributed by atoms with E-state index < -0.39 is 17.7 Å². The van der Waals surface area contributed by atoms with Gasteiger partial charge in [-0.2, -0.15) is 5.26 Å². The molecule has 23 heavy (non-hydrogen) atoms. The topological polar surface area (TPSA) is 78.2 Å². The number of hydrogen-bond donors (Lipinski definition) is 1. The average Bonchev–Trinajstić information content (AvgIpc) is 2.51. The van der Waals surface area contributed by atoms with Crippen LogP contribution in [-0.4, -0.2) is 16.9 Å². The number of carbonyl (C=O) groups excluding carboxylic acids is 1. The predicted octanol–water partition coefficient (Wildman–Crippen LogP) is 4.57. The minimum atomic E-state index is -1.61. The molecule has 0 aromatic heterocycles. The van der Waals surface area contributed by atoms with Crippen LogP contribution in [0.3, 0.4) is 0 Å². The Morgan fingerprint density at radius 2 is 1.57 bits per heavy atom. The van der Waals surface area contributed by atoms with Crippen molar-refractivity contribution in [1.29, 1.82) is 5.26 Å². The maximum absolute atomic E-state index is 11.5. The maximum Gasteiger partial charge on any atom is 0.377 e. The van der Waals surface area contributed by atoms with Crippen molar-refractivity contribution in [3.8, 4) is 6.07 Å². The lowest BCUT2D eigenvalue weighted by atomic mass is 9.91. The molecule has 116 valence electrons. The van der Waals surface area contributed by atoms with Crippen molar-refractivity contribution < 1.29 is 14.7 Å². The van der Waals surface area contributed by atoms with E-state index in [9.17, 15) is 14.9 Å². The van der Waals surface area contributed by atoms with Crippen LogP contribution >= 0.6 is 34.8 Å². The van der Waals surface area contributed by atoms with E-state index in [0.29, 0.717) is 16.1 Å². The standard InChI is InChI=1S/C16H8Cl3NO3/c17-10-3-1-8(2-4-10)11(7-20)14-12(18)5-9(6-13(14)19)15(21)16(22)23/h1-6,11H,(H,22,23). The summed E-state index contributed by atoms with van der Waals surface area (Å²) in [7, 11) is 0. The van der Waals surface area contributed by atoms with Crippen LogP contribution in [0, 0.1) is 11.3 Å². The van der Waals surface area contributed by atoms with Gasteiger partial charge in [0.1, 0.15) is 0 Å². The molecule has 0 bridgehead atoms. The van der Waals surface area contributed by atoms with Gasteiger partial charge in [0.05, 0.1) is 12.0 Å². The highest BCUT2D eigenvalue weighted by molar-refractivity contribution is 6.42. The predicted molar refractivity (Wildman–Crippen MR) is 87.3 cm³/mol. The number of ketones is 1. The number of rotatable bonds is 4. The van der Waals surface area contributed by atoms with Gasteiger partial charge in [0.25, 0.3) is 5.78 Å². The van der Waals surface area contributed by atoms with Crippen LogP contribution in [0.4, 0.5) is 0 Å². The van der Waals surface area contributed by atoms with Crippen molar-refractivity contribution in [2.24, 2.45) is 0 Å². The Hall–Kier alpha value is -2.06. The van der Waals surface area contributed by atoms with Gasteiger partial charge in [0, 0.05) is 26.2 Å². The summed E-state index contributed by atoms with van der Waals surface area (Å²) in [6.45, 7) is 0. The van der Waals surface area contributed by atoms with Gasteiger partial charge >= 0.3 is 5.97 Å². The van der Waals surface area contributed by atoms with Gasteiger partial charge in [-0.25, -0.2) is 4.79 Å². The zero-order valence-electron chi connectivity index (χ0n) is 11.4. The number of hydrogen-bond acceptors (Lipinski definition) is 3. The molecule has 1 unspecified atom stereocenters. The van der Waals surface area contributed by atoms with Gasteiger partial charge in [-0.3, -0.25) is 4.79 Å². The Labute approximate surface area is 146 Å². The van der Waals surface area contributed by atoms with Gasteiger partial charge in [-0.05, 0) is 29.8 Å². The van der Waals surface area contributed by atoms with E-state index in [1.54, 1.807) is 24.3 Å². The first-order chi connectivity index (χ1) is 10.8. The third kappa shape index (κ3) is 3.65. The number of carboxylic acids is 1. The summed E-state index contributed by atoms with van der Waals surface area (Å²) in [6.07, 6.45) is 0. The molecule has 0 radical (unpaired) electrons. The van der Waals surface area contributed by atoms with Crippen LogP contribution < -0.4 is 0 Å². The lowest BCUT2D eigenvalue weighted by Gasteiger charge is -2.15. The van der Waals surface area contributed by atoms with Crippen molar-refractivity contribution in [1.82, 2.24) is 0 Å². The van der Waals surface area contributed by atoms with E-state index >= 15 is 0 Å². The van der Waals surface area contributed by atoms with E-state index in [4.69, 9.17) is 39.9 Å². The average molecular weight is 369 g/mol. The summed E-state index contributed by atoms with van der Waals surface area (Å²) in [5.41, 5.74) is 0.780.